The molecule has 0 aliphatic rings. The van der Waals surface area contributed by atoms with E-state index in [9.17, 15) is 0 Å². The Labute approximate surface area is 189 Å². The van der Waals surface area contributed by atoms with Gasteiger partial charge in [-0.05, 0) is 23.8 Å². The predicted molar refractivity (Wildman–Crippen MR) is 118 cm³/mol. The van der Waals surface area contributed by atoms with Crippen molar-refractivity contribution in [3.8, 4) is 17.2 Å². The van der Waals surface area contributed by atoms with Crippen LogP contribution in [0.4, 0.5) is 0 Å². The quantitative estimate of drug-likeness (QED) is 0.209. The maximum atomic E-state index is 6.23. The molecule has 5 nitrogen and oxygen atoms in total. The zero-order valence-corrected chi connectivity index (χ0v) is 18.6. The zero-order valence-electron chi connectivity index (χ0n) is 15.5. The summed E-state index contributed by atoms with van der Waals surface area (Å²) in [6.07, 6.45) is 3.75. The van der Waals surface area contributed by atoms with Gasteiger partial charge >= 0.3 is 0 Å². The van der Waals surface area contributed by atoms with Crippen LogP contribution in [0.5, 0.6) is 17.2 Å². The number of halogens is 4. The van der Waals surface area contributed by atoms with Gasteiger partial charge in [0, 0.05) is 18.6 Å². The van der Waals surface area contributed by atoms with Crippen LogP contribution in [0.1, 0.15) is 12.0 Å². The van der Waals surface area contributed by atoms with Crippen LogP contribution in [0.3, 0.4) is 0 Å². The first-order valence-corrected chi connectivity index (χ1v) is 10.1. The summed E-state index contributed by atoms with van der Waals surface area (Å²) >= 11 is 23.5. The molecule has 2 rings (SSSR count). The Hall–Kier alpha value is -1.79. The third kappa shape index (κ3) is 8.62. The van der Waals surface area contributed by atoms with Crippen LogP contribution < -0.4 is 14.2 Å². The van der Waals surface area contributed by atoms with E-state index in [1.54, 1.807) is 18.3 Å². The minimum Gasteiger partial charge on any atom is -0.493 e. The van der Waals surface area contributed by atoms with Gasteiger partial charge in [-0.3, -0.25) is 0 Å². The maximum Gasteiger partial charge on any atom is 0.156 e. The van der Waals surface area contributed by atoms with E-state index >= 15 is 0 Å². The summed E-state index contributed by atoms with van der Waals surface area (Å²) in [4.78, 5) is 4.67. The normalized spacial score (nSPS) is 10.7. The smallest absolute Gasteiger partial charge is 0.156 e. The molecule has 0 amide bonds. The number of nitrogens with zero attached hydrogens (tertiary/aromatic N) is 1. The van der Waals surface area contributed by atoms with Gasteiger partial charge in [0.25, 0.3) is 0 Å². The molecule has 9 heteroatoms. The van der Waals surface area contributed by atoms with Crippen LogP contribution >= 0.6 is 46.4 Å². The fraction of sp³-hybridized carbons (Fsp3) is 0.250. The van der Waals surface area contributed by atoms with Gasteiger partial charge in [0.2, 0.25) is 0 Å². The lowest BCUT2D eigenvalue weighted by molar-refractivity contribution is 0.215. The second-order valence-corrected chi connectivity index (χ2v) is 7.38. The Morgan fingerprint density at radius 2 is 1.69 bits per heavy atom. The average Bonchev–Trinajstić information content (AvgIpc) is 2.68. The number of benzene rings is 2. The molecule has 29 heavy (non-hydrogen) atoms. The van der Waals surface area contributed by atoms with E-state index < -0.39 is 0 Å². The molecule has 0 aromatic heterocycles. The van der Waals surface area contributed by atoms with Crippen LogP contribution in [-0.2, 0) is 4.84 Å². The van der Waals surface area contributed by atoms with Gasteiger partial charge in [-0.15, -0.1) is 0 Å². The molecule has 156 valence electrons. The molecule has 2 aromatic rings. The number of rotatable bonds is 11. The third-order valence-electron chi connectivity index (χ3n) is 3.43. The van der Waals surface area contributed by atoms with Crippen molar-refractivity contribution in [3.63, 3.8) is 0 Å². The summed E-state index contributed by atoms with van der Waals surface area (Å²) in [5, 5.41) is 4.42. The summed E-state index contributed by atoms with van der Waals surface area (Å²) in [6.45, 7) is 1.05. The summed E-state index contributed by atoms with van der Waals surface area (Å²) in [6, 6.07) is 10.7. The molecule has 0 aliphatic carbocycles. The van der Waals surface area contributed by atoms with Crippen LogP contribution in [0, 0.1) is 0 Å². The van der Waals surface area contributed by atoms with E-state index in [1.165, 1.54) is 13.2 Å². The molecular weight excluding hydrogens is 460 g/mol. The Morgan fingerprint density at radius 3 is 2.38 bits per heavy atom. The number of oxime groups is 1. The fourth-order valence-electron chi connectivity index (χ4n) is 2.18. The molecule has 0 heterocycles. The standard InChI is InChI=1S/C20H19Cl4NO4/c1-26-25-13-14-4-2-5-15(10-14)27-7-3-8-29-20-17(21)11-16(12-18(20)22)28-9-6-19(23)24/h2,4-6,10-13H,3,7-9H2,1H3. The van der Waals surface area contributed by atoms with E-state index in [-0.39, 0.29) is 11.1 Å². The van der Waals surface area contributed by atoms with E-state index in [0.29, 0.717) is 41.2 Å². The highest BCUT2D eigenvalue weighted by molar-refractivity contribution is 6.55. The SMILES string of the molecule is CON=Cc1cccc(OCCCOc2c(Cl)cc(OCC=C(Cl)Cl)cc2Cl)c1. The van der Waals surface area contributed by atoms with Crippen molar-refractivity contribution in [2.45, 2.75) is 6.42 Å². The topological polar surface area (TPSA) is 49.3 Å². The summed E-state index contributed by atoms with van der Waals surface area (Å²) < 4.78 is 17.0. The van der Waals surface area contributed by atoms with Crippen molar-refractivity contribution >= 4 is 52.6 Å². The van der Waals surface area contributed by atoms with Gasteiger partial charge < -0.3 is 19.0 Å². The summed E-state index contributed by atoms with van der Waals surface area (Å²) in [5.41, 5.74) is 0.880. The van der Waals surface area contributed by atoms with E-state index in [2.05, 4.69) is 9.99 Å². The van der Waals surface area contributed by atoms with E-state index in [1.807, 2.05) is 24.3 Å². The van der Waals surface area contributed by atoms with Crippen LogP contribution in [0.25, 0.3) is 0 Å². The highest BCUT2D eigenvalue weighted by Gasteiger charge is 2.10. The van der Waals surface area contributed by atoms with Gasteiger partial charge in [-0.1, -0.05) is 63.7 Å². The zero-order chi connectivity index (χ0) is 21.1. The summed E-state index contributed by atoms with van der Waals surface area (Å²) in [7, 11) is 1.49. The number of hydrogen-bond donors (Lipinski definition) is 0. The van der Waals surface area contributed by atoms with Crippen molar-refractivity contribution in [2.24, 2.45) is 5.16 Å². The molecule has 0 fully saturated rings. The molecule has 0 N–H and O–H groups in total. The minimum atomic E-state index is 0.124. The predicted octanol–water partition coefficient (Wildman–Crippen LogP) is 6.52. The Bertz CT molecular complexity index is 831. The van der Waals surface area contributed by atoms with Crippen LogP contribution in [-0.4, -0.2) is 33.1 Å². The maximum absolute atomic E-state index is 6.23. The Kier molecular flexibility index (Phi) is 10.3. The first kappa shape index (κ1) is 23.5. The molecular formula is C20H19Cl4NO4. The lowest BCUT2D eigenvalue weighted by Gasteiger charge is -2.12. The van der Waals surface area contributed by atoms with Gasteiger partial charge in [0.1, 0.15) is 29.7 Å². The molecule has 0 unspecified atom stereocenters. The van der Waals surface area contributed by atoms with E-state index in [0.717, 1.165) is 11.3 Å². The summed E-state index contributed by atoms with van der Waals surface area (Å²) in [5.74, 6) is 1.61. The van der Waals surface area contributed by atoms with E-state index in [4.69, 9.17) is 60.6 Å². The molecule has 0 aliphatic heterocycles. The van der Waals surface area contributed by atoms with Crippen LogP contribution in [0.2, 0.25) is 10.0 Å². The minimum absolute atomic E-state index is 0.124. The highest BCUT2D eigenvalue weighted by atomic mass is 35.5. The Morgan fingerprint density at radius 1 is 0.966 bits per heavy atom. The third-order valence-corrected chi connectivity index (χ3v) is 4.30. The molecule has 0 radical (unpaired) electrons. The highest BCUT2D eigenvalue weighted by Crippen LogP contribution is 2.37. The Balaban J connectivity index is 1.80. The molecule has 2 aromatic carbocycles. The molecule has 0 atom stereocenters. The largest absolute Gasteiger partial charge is 0.493 e. The first-order chi connectivity index (χ1) is 14.0. The molecule has 0 saturated heterocycles. The number of ether oxygens (including phenoxy) is 3. The van der Waals surface area contributed by atoms with Crippen molar-refractivity contribution in [2.75, 3.05) is 26.9 Å². The van der Waals surface area contributed by atoms with Gasteiger partial charge in [-0.2, -0.15) is 0 Å². The first-order valence-electron chi connectivity index (χ1n) is 8.55. The monoisotopic (exact) mass is 477 g/mol. The fourth-order valence-corrected chi connectivity index (χ4v) is 2.88. The molecule has 0 saturated carbocycles. The van der Waals surface area contributed by atoms with Crippen LogP contribution in [0.15, 0.2) is 52.1 Å². The number of hydrogen-bond acceptors (Lipinski definition) is 5. The van der Waals surface area contributed by atoms with Gasteiger partial charge in [0.15, 0.2) is 5.75 Å². The second kappa shape index (κ2) is 12.7. The van der Waals surface area contributed by atoms with Crippen molar-refractivity contribution in [3.05, 3.63) is 62.6 Å². The average molecular weight is 479 g/mol. The molecule has 0 spiro atoms. The van der Waals surface area contributed by atoms with Gasteiger partial charge in [0.05, 0.1) is 29.5 Å². The molecule has 0 bridgehead atoms. The lowest BCUT2D eigenvalue weighted by Crippen LogP contribution is -2.06. The van der Waals surface area contributed by atoms with Crippen molar-refractivity contribution in [1.82, 2.24) is 0 Å². The van der Waals surface area contributed by atoms with Crippen molar-refractivity contribution in [1.29, 1.82) is 0 Å². The van der Waals surface area contributed by atoms with Crippen molar-refractivity contribution < 1.29 is 19.0 Å². The van der Waals surface area contributed by atoms with Gasteiger partial charge in [-0.25, -0.2) is 0 Å². The second-order valence-electron chi connectivity index (χ2n) is 5.56. The lowest BCUT2D eigenvalue weighted by atomic mass is 10.2.